The van der Waals surface area contributed by atoms with E-state index in [9.17, 15) is 0 Å². The maximum atomic E-state index is 5.83. The topological polar surface area (TPSA) is 47.0 Å². The molecule has 82 valence electrons. The maximum absolute atomic E-state index is 5.83. The molecule has 0 aromatic carbocycles. The summed E-state index contributed by atoms with van der Waals surface area (Å²) < 4.78 is 5.17. The van der Waals surface area contributed by atoms with E-state index in [4.69, 9.17) is 16.3 Å². The largest absolute Gasteiger partial charge is 0.380 e. The van der Waals surface area contributed by atoms with Crippen molar-refractivity contribution >= 4 is 17.4 Å². The first kappa shape index (κ1) is 10.6. The first-order valence-corrected chi connectivity index (χ1v) is 5.28. The smallest absolute Gasteiger partial charge is 0.134 e. The van der Waals surface area contributed by atoms with E-state index in [0.717, 1.165) is 25.6 Å². The Morgan fingerprint density at radius 1 is 1.53 bits per heavy atom. The van der Waals surface area contributed by atoms with Gasteiger partial charge in [0.15, 0.2) is 0 Å². The Bertz CT molecular complexity index is 345. The van der Waals surface area contributed by atoms with Crippen LogP contribution in [0.5, 0.6) is 0 Å². The molecule has 0 spiro atoms. The summed E-state index contributed by atoms with van der Waals surface area (Å²) in [7, 11) is 0. The van der Waals surface area contributed by atoms with Crippen LogP contribution in [0.25, 0.3) is 0 Å². The Morgan fingerprint density at radius 2 is 2.27 bits per heavy atom. The molecule has 0 aliphatic carbocycles. The number of hydrogen-bond donors (Lipinski definition) is 1. The van der Waals surface area contributed by atoms with Crippen molar-refractivity contribution in [2.24, 2.45) is 5.41 Å². The first-order chi connectivity index (χ1) is 7.07. The Morgan fingerprint density at radius 3 is 2.80 bits per heavy atom. The van der Waals surface area contributed by atoms with Crippen molar-refractivity contribution in [1.29, 1.82) is 0 Å². The fraction of sp³-hybridized carbons (Fsp3) is 0.600. The van der Waals surface area contributed by atoms with Gasteiger partial charge in [-0.3, -0.25) is 0 Å². The SMILES string of the molecule is Cc1nc(Cl)cc(NCC2(C)COC2)n1. The number of nitrogens with one attached hydrogen (secondary N) is 1. The van der Waals surface area contributed by atoms with Gasteiger partial charge < -0.3 is 10.1 Å². The molecule has 5 heteroatoms. The molecule has 1 N–H and O–H groups in total. The van der Waals surface area contributed by atoms with Gasteiger partial charge in [0.1, 0.15) is 16.8 Å². The van der Waals surface area contributed by atoms with Crippen LogP contribution < -0.4 is 5.32 Å². The molecule has 0 saturated carbocycles. The van der Waals surface area contributed by atoms with E-state index in [0.29, 0.717) is 11.0 Å². The number of aromatic nitrogens is 2. The molecular weight excluding hydrogens is 214 g/mol. The number of ether oxygens (including phenoxy) is 1. The summed E-state index contributed by atoms with van der Waals surface area (Å²) >= 11 is 5.83. The van der Waals surface area contributed by atoms with Crippen LogP contribution in [0.2, 0.25) is 5.15 Å². The van der Waals surface area contributed by atoms with Crippen LogP contribution >= 0.6 is 11.6 Å². The zero-order chi connectivity index (χ0) is 10.9. The minimum Gasteiger partial charge on any atom is -0.380 e. The number of anilines is 1. The Kier molecular flexibility index (Phi) is 2.80. The van der Waals surface area contributed by atoms with Crippen LogP contribution in [0.15, 0.2) is 6.07 Å². The lowest BCUT2D eigenvalue weighted by Gasteiger charge is -2.38. The van der Waals surface area contributed by atoms with E-state index in [1.54, 1.807) is 6.07 Å². The van der Waals surface area contributed by atoms with E-state index in [2.05, 4.69) is 22.2 Å². The second-order valence-corrected chi connectivity index (χ2v) is 4.67. The normalized spacial score (nSPS) is 18.3. The summed E-state index contributed by atoms with van der Waals surface area (Å²) in [5.41, 5.74) is 0.228. The highest BCUT2D eigenvalue weighted by Gasteiger charge is 2.33. The van der Waals surface area contributed by atoms with Gasteiger partial charge >= 0.3 is 0 Å². The lowest BCUT2D eigenvalue weighted by atomic mass is 9.89. The lowest BCUT2D eigenvalue weighted by Crippen LogP contribution is -2.45. The van der Waals surface area contributed by atoms with Gasteiger partial charge in [-0.25, -0.2) is 9.97 Å². The summed E-state index contributed by atoms with van der Waals surface area (Å²) in [4.78, 5) is 8.25. The molecule has 4 nitrogen and oxygen atoms in total. The third kappa shape index (κ3) is 2.58. The number of nitrogens with zero attached hydrogens (tertiary/aromatic N) is 2. The summed E-state index contributed by atoms with van der Waals surface area (Å²) in [6, 6.07) is 1.73. The number of aryl methyl sites for hydroxylation is 1. The van der Waals surface area contributed by atoms with Gasteiger partial charge in [-0.05, 0) is 6.92 Å². The van der Waals surface area contributed by atoms with Crippen molar-refractivity contribution in [1.82, 2.24) is 9.97 Å². The van der Waals surface area contributed by atoms with Crippen LogP contribution in [0, 0.1) is 12.3 Å². The van der Waals surface area contributed by atoms with Gasteiger partial charge in [0.25, 0.3) is 0 Å². The second-order valence-electron chi connectivity index (χ2n) is 4.28. The molecule has 1 aromatic heterocycles. The zero-order valence-corrected chi connectivity index (χ0v) is 9.64. The third-order valence-electron chi connectivity index (χ3n) is 2.40. The van der Waals surface area contributed by atoms with E-state index >= 15 is 0 Å². The van der Waals surface area contributed by atoms with E-state index in [1.165, 1.54) is 0 Å². The molecule has 0 bridgehead atoms. The van der Waals surface area contributed by atoms with Crippen molar-refractivity contribution in [3.05, 3.63) is 17.0 Å². The average molecular weight is 228 g/mol. The molecular formula is C10H14ClN3O. The molecule has 2 rings (SSSR count). The molecule has 0 atom stereocenters. The van der Waals surface area contributed by atoms with Crippen LogP contribution in [-0.2, 0) is 4.74 Å². The summed E-state index contributed by atoms with van der Waals surface area (Å²) in [6.07, 6.45) is 0. The molecule has 1 fully saturated rings. The van der Waals surface area contributed by atoms with Crippen molar-refractivity contribution in [3.63, 3.8) is 0 Å². The number of halogens is 1. The standard InChI is InChI=1S/C10H14ClN3O/c1-7-13-8(11)3-9(14-7)12-4-10(2)5-15-6-10/h3H,4-6H2,1-2H3,(H,12,13,14). The van der Waals surface area contributed by atoms with Crippen molar-refractivity contribution < 1.29 is 4.74 Å². The van der Waals surface area contributed by atoms with Gasteiger partial charge in [0.05, 0.1) is 13.2 Å². The van der Waals surface area contributed by atoms with E-state index in [1.807, 2.05) is 6.92 Å². The predicted molar refractivity (Wildman–Crippen MR) is 59.2 cm³/mol. The molecule has 0 amide bonds. The lowest BCUT2D eigenvalue weighted by molar-refractivity contribution is -0.0924. The summed E-state index contributed by atoms with van der Waals surface area (Å²) in [5.74, 6) is 1.46. The quantitative estimate of drug-likeness (QED) is 0.802. The molecule has 0 unspecified atom stereocenters. The van der Waals surface area contributed by atoms with Gasteiger partial charge in [0, 0.05) is 18.0 Å². The van der Waals surface area contributed by atoms with E-state index in [-0.39, 0.29) is 5.41 Å². The third-order valence-corrected chi connectivity index (χ3v) is 2.60. The molecule has 0 radical (unpaired) electrons. The monoisotopic (exact) mass is 227 g/mol. The predicted octanol–water partition coefficient (Wildman–Crippen LogP) is 1.89. The number of hydrogen-bond acceptors (Lipinski definition) is 4. The van der Waals surface area contributed by atoms with Gasteiger partial charge in [0.2, 0.25) is 0 Å². The molecule has 2 heterocycles. The summed E-state index contributed by atoms with van der Waals surface area (Å²) in [6.45, 7) is 6.46. The van der Waals surface area contributed by atoms with Crippen molar-refractivity contribution in [3.8, 4) is 0 Å². The first-order valence-electron chi connectivity index (χ1n) is 4.90. The van der Waals surface area contributed by atoms with Gasteiger partial charge in [-0.2, -0.15) is 0 Å². The number of rotatable bonds is 3. The maximum Gasteiger partial charge on any atom is 0.134 e. The van der Waals surface area contributed by atoms with Crippen LogP contribution in [-0.4, -0.2) is 29.7 Å². The Labute approximate surface area is 94.0 Å². The molecule has 1 aromatic rings. The molecule has 1 aliphatic rings. The highest BCUT2D eigenvalue weighted by atomic mass is 35.5. The van der Waals surface area contributed by atoms with Gasteiger partial charge in [-0.1, -0.05) is 18.5 Å². The molecule has 1 saturated heterocycles. The molecule has 15 heavy (non-hydrogen) atoms. The summed E-state index contributed by atoms with van der Waals surface area (Å²) in [5, 5.41) is 3.73. The van der Waals surface area contributed by atoms with Crippen molar-refractivity contribution in [2.75, 3.05) is 25.1 Å². The van der Waals surface area contributed by atoms with Gasteiger partial charge in [-0.15, -0.1) is 0 Å². The van der Waals surface area contributed by atoms with Crippen LogP contribution in [0.4, 0.5) is 5.82 Å². The Hall–Kier alpha value is -0.870. The zero-order valence-electron chi connectivity index (χ0n) is 8.88. The van der Waals surface area contributed by atoms with Crippen LogP contribution in [0.1, 0.15) is 12.7 Å². The van der Waals surface area contributed by atoms with Crippen LogP contribution in [0.3, 0.4) is 0 Å². The Balaban J connectivity index is 1.98. The van der Waals surface area contributed by atoms with Crippen molar-refractivity contribution in [2.45, 2.75) is 13.8 Å². The molecule has 1 aliphatic heterocycles. The van der Waals surface area contributed by atoms with E-state index < -0.39 is 0 Å². The minimum absolute atomic E-state index is 0.228. The fourth-order valence-electron chi connectivity index (χ4n) is 1.48. The highest BCUT2D eigenvalue weighted by Crippen LogP contribution is 2.26. The average Bonchev–Trinajstić information content (AvgIpc) is 2.10. The second kappa shape index (κ2) is 3.94. The fourth-order valence-corrected chi connectivity index (χ4v) is 1.70. The minimum atomic E-state index is 0.228. The highest BCUT2D eigenvalue weighted by molar-refractivity contribution is 6.29.